The largest absolute Gasteiger partial charge is 0.140 e. The summed E-state index contributed by atoms with van der Waals surface area (Å²) in [5.74, 6) is 0. The van der Waals surface area contributed by atoms with E-state index in [4.69, 9.17) is 11.6 Å². The first-order chi connectivity index (χ1) is 12.8. The SMILES string of the molecule is Clc1ccc(-c2cc(Cc3ccccc3)c(Cc3ccccc3)s2)cc1. The Balaban J connectivity index is 1.70. The minimum Gasteiger partial charge on any atom is -0.140 e. The van der Waals surface area contributed by atoms with Gasteiger partial charge >= 0.3 is 0 Å². The fourth-order valence-corrected chi connectivity index (χ4v) is 4.47. The Labute approximate surface area is 163 Å². The van der Waals surface area contributed by atoms with Crippen molar-refractivity contribution in [1.29, 1.82) is 0 Å². The molecule has 0 unspecified atom stereocenters. The van der Waals surface area contributed by atoms with Gasteiger partial charge in [0.1, 0.15) is 0 Å². The van der Waals surface area contributed by atoms with Crippen molar-refractivity contribution >= 4 is 22.9 Å². The first-order valence-electron chi connectivity index (χ1n) is 8.73. The smallest absolute Gasteiger partial charge is 0.0406 e. The molecular formula is C24H19ClS. The number of hydrogen-bond donors (Lipinski definition) is 0. The molecule has 0 atom stereocenters. The van der Waals surface area contributed by atoms with Gasteiger partial charge in [0.15, 0.2) is 0 Å². The van der Waals surface area contributed by atoms with E-state index in [1.807, 2.05) is 23.5 Å². The highest BCUT2D eigenvalue weighted by Gasteiger charge is 2.12. The van der Waals surface area contributed by atoms with Crippen LogP contribution in [0.3, 0.4) is 0 Å². The first kappa shape index (κ1) is 17.1. The van der Waals surface area contributed by atoms with Crippen molar-refractivity contribution < 1.29 is 0 Å². The predicted molar refractivity (Wildman–Crippen MR) is 113 cm³/mol. The molecule has 0 fully saturated rings. The van der Waals surface area contributed by atoms with E-state index in [9.17, 15) is 0 Å². The second-order valence-electron chi connectivity index (χ2n) is 6.39. The van der Waals surface area contributed by atoms with Crippen LogP contribution in [-0.2, 0) is 12.8 Å². The lowest BCUT2D eigenvalue weighted by atomic mass is 10.0. The molecule has 0 amide bonds. The van der Waals surface area contributed by atoms with Crippen LogP contribution in [0.5, 0.6) is 0 Å². The zero-order valence-corrected chi connectivity index (χ0v) is 15.9. The van der Waals surface area contributed by atoms with Crippen molar-refractivity contribution in [2.24, 2.45) is 0 Å². The average molecular weight is 375 g/mol. The molecule has 2 heteroatoms. The topological polar surface area (TPSA) is 0 Å². The Morgan fingerprint density at radius 1 is 0.654 bits per heavy atom. The second-order valence-corrected chi connectivity index (χ2v) is 7.96. The third kappa shape index (κ3) is 4.07. The van der Waals surface area contributed by atoms with Gasteiger partial charge < -0.3 is 0 Å². The summed E-state index contributed by atoms with van der Waals surface area (Å²) in [4.78, 5) is 2.74. The zero-order chi connectivity index (χ0) is 17.8. The molecule has 26 heavy (non-hydrogen) atoms. The maximum Gasteiger partial charge on any atom is 0.0406 e. The minimum atomic E-state index is 0.777. The number of halogens is 1. The number of hydrogen-bond acceptors (Lipinski definition) is 1. The number of rotatable bonds is 5. The third-order valence-electron chi connectivity index (χ3n) is 4.47. The van der Waals surface area contributed by atoms with Gasteiger partial charge in [-0.3, -0.25) is 0 Å². The lowest BCUT2D eigenvalue weighted by Gasteiger charge is -2.04. The van der Waals surface area contributed by atoms with Crippen LogP contribution in [0, 0.1) is 0 Å². The highest BCUT2D eigenvalue weighted by molar-refractivity contribution is 7.15. The van der Waals surface area contributed by atoms with Crippen molar-refractivity contribution in [2.45, 2.75) is 12.8 Å². The van der Waals surface area contributed by atoms with E-state index in [0.717, 1.165) is 17.9 Å². The molecular weight excluding hydrogens is 356 g/mol. The molecule has 0 radical (unpaired) electrons. The Kier molecular flexibility index (Phi) is 5.19. The summed E-state index contributed by atoms with van der Waals surface area (Å²) >= 11 is 7.94. The fraction of sp³-hybridized carbons (Fsp3) is 0.0833. The first-order valence-corrected chi connectivity index (χ1v) is 9.93. The van der Waals surface area contributed by atoms with Crippen LogP contribution in [0.4, 0.5) is 0 Å². The summed E-state index contributed by atoms with van der Waals surface area (Å²) in [6, 6.07) is 31.9. The van der Waals surface area contributed by atoms with Crippen LogP contribution in [0.2, 0.25) is 5.02 Å². The summed E-state index contributed by atoms with van der Waals surface area (Å²) in [7, 11) is 0. The van der Waals surface area contributed by atoms with Gasteiger partial charge in [-0.1, -0.05) is 84.4 Å². The predicted octanol–water partition coefficient (Wildman–Crippen LogP) is 7.25. The summed E-state index contributed by atoms with van der Waals surface area (Å²) < 4.78 is 0. The second kappa shape index (κ2) is 7.90. The summed E-state index contributed by atoms with van der Waals surface area (Å²) in [5, 5.41) is 0.777. The van der Waals surface area contributed by atoms with Crippen molar-refractivity contribution in [3.05, 3.63) is 118 Å². The van der Waals surface area contributed by atoms with Crippen LogP contribution in [0.1, 0.15) is 21.6 Å². The van der Waals surface area contributed by atoms with Gasteiger partial charge in [0.05, 0.1) is 0 Å². The van der Waals surface area contributed by atoms with E-state index >= 15 is 0 Å². The maximum absolute atomic E-state index is 6.05. The maximum atomic E-state index is 6.05. The van der Waals surface area contributed by atoms with E-state index in [0.29, 0.717) is 0 Å². The molecule has 0 saturated heterocycles. The Morgan fingerprint density at radius 3 is 1.85 bits per heavy atom. The molecule has 0 saturated carbocycles. The van der Waals surface area contributed by atoms with E-state index in [2.05, 4.69) is 78.9 Å². The molecule has 0 bridgehead atoms. The molecule has 0 aliphatic carbocycles. The molecule has 0 N–H and O–H groups in total. The monoisotopic (exact) mass is 374 g/mol. The van der Waals surface area contributed by atoms with Gasteiger partial charge in [-0.05, 0) is 46.9 Å². The van der Waals surface area contributed by atoms with Crippen molar-refractivity contribution in [1.82, 2.24) is 0 Å². The molecule has 128 valence electrons. The van der Waals surface area contributed by atoms with E-state index < -0.39 is 0 Å². The third-order valence-corrected chi connectivity index (χ3v) is 5.95. The normalized spacial score (nSPS) is 10.8. The lowest BCUT2D eigenvalue weighted by molar-refractivity contribution is 1.13. The van der Waals surface area contributed by atoms with E-state index in [1.54, 1.807) is 0 Å². The average Bonchev–Trinajstić information content (AvgIpc) is 3.06. The summed E-state index contributed by atoms with van der Waals surface area (Å²) in [6.07, 6.45) is 1.94. The molecule has 0 aliphatic rings. The van der Waals surface area contributed by atoms with Crippen molar-refractivity contribution in [3.63, 3.8) is 0 Å². The van der Waals surface area contributed by atoms with Gasteiger partial charge in [-0.2, -0.15) is 0 Å². The van der Waals surface area contributed by atoms with Gasteiger partial charge in [-0.15, -0.1) is 11.3 Å². The lowest BCUT2D eigenvalue weighted by Crippen LogP contribution is -1.92. The molecule has 1 aromatic heterocycles. The molecule has 0 spiro atoms. The highest BCUT2D eigenvalue weighted by atomic mass is 35.5. The molecule has 0 nitrogen and oxygen atoms in total. The van der Waals surface area contributed by atoms with Crippen molar-refractivity contribution in [3.8, 4) is 10.4 Å². The quantitative estimate of drug-likeness (QED) is 0.345. The molecule has 1 heterocycles. The minimum absolute atomic E-state index is 0.777. The standard InChI is InChI=1S/C24H19ClS/c25-22-13-11-20(12-14-22)24-17-21(15-18-7-3-1-4-8-18)23(26-24)16-19-9-5-2-6-10-19/h1-14,17H,15-16H2. The Bertz CT molecular complexity index is 911. The van der Waals surface area contributed by atoms with Gasteiger partial charge in [0.2, 0.25) is 0 Å². The Morgan fingerprint density at radius 2 is 1.23 bits per heavy atom. The zero-order valence-electron chi connectivity index (χ0n) is 14.4. The van der Waals surface area contributed by atoms with Gasteiger partial charge in [0, 0.05) is 21.2 Å². The fourth-order valence-electron chi connectivity index (χ4n) is 3.12. The Hall–Kier alpha value is -2.35. The molecule has 0 aliphatic heterocycles. The van der Waals surface area contributed by atoms with Crippen LogP contribution >= 0.6 is 22.9 Å². The van der Waals surface area contributed by atoms with Crippen LogP contribution in [0.25, 0.3) is 10.4 Å². The van der Waals surface area contributed by atoms with Gasteiger partial charge in [-0.25, -0.2) is 0 Å². The molecule has 4 aromatic rings. The van der Waals surface area contributed by atoms with E-state index in [1.165, 1.54) is 32.0 Å². The number of thiophene rings is 1. The highest BCUT2D eigenvalue weighted by Crippen LogP contribution is 2.34. The van der Waals surface area contributed by atoms with E-state index in [-0.39, 0.29) is 0 Å². The van der Waals surface area contributed by atoms with Crippen LogP contribution in [-0.4, -0.2) is 0 Å². The summed E-state index contributed by atoms with van der Waals surface area (Å²) in [5.41, 5.74) is 5.34. The van der Waals surface area contributed by atoms with Crippen LogP contribution in [0.15, 0.2) is 91.0 Å². The van der Waals surface area contributed by atoms with Crippen LogP contribution < -0.4 is 0 Å². The molecule has 3 aromatic carbocycles. The number of benzene rings is 3. The van der Waals surface area contributed by atoms with Crippen molar-refractivity contribution in [2.75, 3.05) is 0 Å². The summed E-state index contributed by atoms with van der Waals surface area (Å²) in [6.45, 7) is 0. The van der Waals surface area contributed by atoms with Gasteiger partial charge in [0.25, 0.3) is 0 Å². The molecule has 4 rings (SSSR count).